The summed E-state index contributed by atoms with van der Waals surface area (Å²) in [6.45, 7) is 1.89. The van der Waals surface area contributed by atoms with Crippen LogP contribution in [0.15, 0.2) is 65.9 Å². The van der Waals surface area contributed by atoms with Crippen molar-refractivity contribution in [2.45, 2.75) is 13.5 Å². The van der Waals surface area contributed by atoms with Crippen molar-refractivity contribution in [2.24, 2.45) is 5.10 Å². The van der Waals surface area contributed by atoms with E-state index >= 15 is 0 Å². The van der Waals surface area contributed by atoms with E-state index in [0.29, 0.717) is 11.3 Å². The summed E-state index contributed by atoms with van der Waals surface area (Å²) in [7, 11) is 0. The number of hydrogen-bond acceptors (Lipinski definition) is 4. The van der Waals surface area contributed by atoms with Crippen LogP contribution in [0.4, 0.5) is 5.69 Å². The zero-order chi connectivity index (χ0) is 17.8. The van der Waals surface area contributed by atoms with Gasteiger partial charge in [-0.3, -0.25) is 14.9 Å². The van der Waals surface area contributed by atoms with Crippen LogP contribution < -0.4 is 5.43 Å². The number of rotatable bonds is 5. The van der Waals surface area contributed by atoms with Crippen molar-refractivity contribution < 1.29 is 9.72 Å². The lowest BCUT2D eigenvalue weighted by atomic mass is 10.1. The SMILES string of the molecule is CC(=NNC(=O)Cn1ccc2ccccc21)c1ccc([N+](=O)[O-])cc1. The zero-order valence-corrected chi connectivity index (χ0v) is 13.5. The van der Waals surface area contributed by atoms with E-state index in [1.807, 2.05) is 41.1 Å². The standard InChI is InChI=1S/C18H16N4O3/c1-13(14-6-8-16(9-7-14)22(24)25)19-20-18(23)12-21-11-10-15-4-2-3-5-17(15)21/h2-11H,12H2,1H3,(H,20,23). The summed E-state index contributed by atoms with van der Waals surface area (Å²) in [5.74, 6) is -0.248. The first kappa shape index (κ1) is 16.4. The molecule has 2 aromatic carbocycles. The molecule has 25 heavy (non-hydrogen) atoms. The number of hydrazone groups is 1. The molecule has 0 radical (unpaired) electrons. The van der Waals surface area contributed by atoms with Crippen LogP contribution in [0.25, 0.3) is 10.9 Å². The van der Waals surface area contributed by atoms with Gasteiger partial charge in [0.2, 0.25) is 0 Å². The molecule has 0 spiro atoms. The van der Waals surface area contributed by atoms with Crippen molar-refractivity contribution in [3.63, 3.8) is 0 Å². The number of amides is 1. The van der Waals surface area contributed by atoms with Crippen LogP contribution in [0.1, 0.15) is 12.5 Å². The van der Waals surface area contributed by atoms with Crippen molar-refractivity contribution in [1.29, 1.82) is 0 Å². The number of benzene rings is 2. The number of carbonyl (C=O) groups excluding carboxylic acids is 1. The summed E-state index contributed by atoms with van der Waals surface area (Å²) >= 11 is 0. The Morgan fingerprint density at radius 3 is 2.60 bits per heavy atom. The molecule has 1 aromatic heterocycles. The van der Waals surface area contributed by atoms with Crippen molar-refractivity contribution >= 4 is 28.2 Å². The van der Waals surface area contributed by atoms with Gasteiger partial charge in [-0.15, -0.1) is 0 Å². The van der Waals surface area contributed by atoms with Gasteiger partial charge in [-0.2, -0.15) is 5.10 Å². The van der Waals surface area contributed by atoms with E-state index in [-0.39, 0.29) is 18.1 Å². The number of nitro benzene ring substituents is 1. The van der Waals surface area contributed by atoms with Crippen molar-refractivity contribution in [2.75, 3.05) is 0 Å². The van der Waals surface area contributed by atoms with Gasteiger partial charge in [-0.1, -0.05) is 18.2 Å². The molecule has 7 heteroatoms. The fourth-order valence-corrected chi connectivity index (χ4v) is 2.50. The average Bonchev–Trinajstić information content (AvgIpc) is 3.03. The van der Waals surface area contributed by atoms with E-state index in [9.17, 15) is 14.9 Å². The number of hydrogen-bond donors (Lipinski definition) is 1. The van der Waals surface area contributed by atoms with Gasteiger partial charge in [0.1, 0.15) is 6.54 Å². The van der Waals surface area contributed by atoms with Crippen LogP contribution in [-0.2, 0) is 11.3 Å². The Morgan fingerprint density at radius 2 is 1.88 bits per heavy atom. The van der Waals surface area contributed by atoms with Gasteiger partial charge in [-0.05, 0) is 42.1 Å². The molecule has 3 aromatic rings. The predicted molar refractivity (Wildman–Crippen MR) is 95.4 cm³/mol. The Bertz CT molecular complexity index is 958. The highest BCUT2D eigenvalue weighted by molar-refractivity contribution is 5.99. The molecule has 0 saturated heterocycles. The maximum absolute atomic E-state index is 12.1. The molecule has 1 N–H and O–H groups in total. The monoisotopic (exact) mass is 336 g/mol. The molecule has 1 heterocycles. The van der Waals surface area contributed by atoms with Crippen LogP contribution in [0.3, 0.4) is 0 Å². The molecule has 0 bridgehead atoms. The van der Waals surface area contributed by atoms with Crippen LogP contribution in [0.2, 0.25) is 0 Å². The third-order valence-electron chi connectivity index (χ3n) is 3.84. The van der Waals surface area contributed by atoms with E-state index in [1.54, 1.807) is 19.1 Å². The molecule has 0 aliphatic rings. The highest BCUT2D eigenvalue weighted by Crippen LogP contribution is 2.15. The Kier molecular flexibility index (Phi) is 4.56. The normalized spacial score (nSPS) is 11.5. The van der Waals surface area contributed by atoms with E-state index in [0.717, 1.165) is 10.9 Å². The van der Waals surface area contributed by atoms with Crippen LogP contribution in [0.5, 0.6) is 0 Å². The lowest BCUT2D eigenvalue weighted by Crippen LogP contribution is -2.23. The minimum absolute atomic E-state index is 0.0140. The summed E-state index contributed by atoms with van der Waals surface area (Å²) in [6.07, 6.45) is 1.86. The quantitative estimate of drug-likeness (QED) is 0.441. The number of non-ortho nitro benzene ring substituents is 1. The molecule has 1 amide bonds. The molecule has 0 unspecified atom stereocenters. The second kappa shape index (κ2) is 6.96. The topological polar surface area (TPSA) is 89.5 Å². The molecule has 0 aliphatic carbocycles. The average molecular weight is 336 g/mol. The van der Waals surface area contributed by atoms with Crippen molar-refractivity contribution in [1.82, 2.24) is 9.99 Å². The smallest absolute Gasteiger partial charge is 0.269 e. The predicted octanol–water partition coefficient (Wildman–Crippen LogP) is 3.09. The molecule has 0 saturated carbocycles. The fraction of sp³-hybridized carbons (Fsp3) is 0.111. The first-order valence-electron chi connectivity index (χ1n) is 7.66. The Balaban J connectivity index is 1.66. The van der Waals surface area contributed by atoms with Gasteiger partial charge in [-0.25, -0.2) is 5.43 Å². The number of aromatic nitrogens is 1. The number of nitro groups is 1. The summed E-state index contributed by atoms with van der Waals surface area (Å²) in [4.78, 5) is 22.3. The van der Waals surface area contributed by atoms with Crippen molar-refractivity contribution in [3.8, 4) is 0 Å². The highest BCUT2D eigenvalue weighted by Gasteiger charge is 2.07. The Morgan fingerprint density at radius 1 is 1.16 bits per heavy atom. The molecule has 3 rings (SSSR count). The minimum atomic E-state index is -0.459. The summed E-state index contributed by atoms with van der Waals surface area (Å²) < 4.78 is 1.85. The third-order valence-corrected chi connectivity index (χ3v) is 3.84. The molecular weight excluding hydrogens is 320 g/mol. The summed E-state index contributed by atoms with van der Waals surface area (Å²) in [5, 5.41) is 15.8. The molecular formula is C18H16N4O3. The molecule has 126 valence electrons. The van der Waals surface area contributed by atoms with E-state index in [2.05, 4.69) is 10.5 Å². The largest absolute Gasteiger partial charge is 0.338 e. The van der Waals surface area contributed by atoms with Gasteiger partial charge in [0, 0.05) is 23.8 Å². The summed E-state index contributed by atoms with van der Waals surface area (Å²) in [6, 6.07) is 15.8. The van der Waals surface area contributed by atoms with E-state index < -0.39 is 4.92 Å². The molecule has 0 atom stereocenters. The van der Waals surface area contributed by atoms with Gasteiger partial charge < -0.3 is 4.57 Å². The first-order valence-corrected chi connectivity index (χ1v) is 7.66. The maximum Gasteiger partial charge on any atom is 0.269 e. The third kappa shape index (κ3) is 3.72. The molecule has 0 fully saturated rings. The van der Waals surface area contributed by atoms with Gasteiger partial charge in [0.25, 0.3) is 11.6 Å². The number of para-hydroxylation sites is 1. The van der Waals surface area contributed by atoms with Crippen LogP contribution >= 0.6 is 0 Å². The number of fused-ring (bicyclic) bond motifs is 1. The second-order valence-electron chi connectivity index (χ2n) is 5.54. The lowest BCUT2D eigenvalue weighted by molar-refractivity contribution is -0.384. The zero-order valence-electron chi connectivity index (χ0n) is 13.5. The number of nitrogens with one attached hydrogen (secondary N) is 1. The first-order chi connectivity index (χ1) is 12.0. The number of nitrogens with zero attached hydrogens (tertiary/aromatic N) is 3. The second-order valence-corrected chi connectivity index (χ2v) is 5.54. The lowest BCUT2D eigenvalue weighted by Gasteiger charge is -2.05. The minimum Gasteiger partial charge on any atom is -0.338 e. The molecule has 7 nitrogen and oxygen atoms in total. The van der Waals surface area contributed by atoms with Gasteiger partial charge >= 0.3 is 0 Å². The maximum atomic E-state index is 12.1. The van der Waals surface area contributed by atoms with Gasteiger partial charge in [0.05, 0.1) is 10.6 Å². The molecule has 0 aliphatic heterocycles. The van der Waals surface area contributed by atoms with E-state index in [1.165, 1.54) is 12.1 Å². The van der Waals surface area contributed by atoms with Gasteiger partial charge in [0.15, 0.2) is 0 Å². The highest BCUT2D eigenvalue weighted by atomic mass is 16.6. The Labute approximate surface area is 143 Å². The van der Waals surface area contributed by atoms with Crippen molar-refractivity contribution in [3.05, 3.63) is 76.5 Å². The van der Waals surface area contributed by atoms with E-state index in [4.69, 9.17) is 0 Å². The Hall–Kier alpha value is -3.48. The number of carbonyl (C=O) groups is 1. The fourth-order valence-electron chi connectivity index (χ4n) is 2.50. The van der Waals surface area contributed by atoms with Crippen LogP contribution in [0, 0.1) is 10.1 Å². The van der Waals surface area contributed by atoms with Crippen LogP contribution in [-0.4, -0.2) is 21.1 Å². The summed E-state index contributed by atoms with van der Waals surface area (Å²) in [5.41, 5.74) is 4.79.